The lowest BCUT2D eigenvalue weighted by atomic mass is 10.1. The molecule has 0 N–H and O–H groups in total. The van der Waals surface area contributed by atoms with Crippen LogP contribution in [-0.2, 0) is 0 Å². The highest BCUT2D eigenvalue weighted by Crippen LogP contribution is 2.10. The number of hydrogen-bond acceptors (Lipinski definition) is 9. The molecule has 4 heterocycles. The lowest BCUT2D eigenvalue weighted by Gasteiger charge is -2.00. The van der Waals surface area contributed by atoms with Crippen LogP contribution in [0.4, 0.5) is 4.39 Å². The molecule has 4 aromatic heterocycles. The Labute approximate surface area is 225 Å². The molecule has 0 spiro atoms. The summed E-state index contributed by atoms with van der Waals surface area (Å²) in [5, 5.41) is 30.1. The van der Waals surface area contributed by atoms with Gasteiger partial charge in [-0.2, -0.15) is 35.0 Å². The van der Waals surface area contributed by atoms with Crippen molar-refractivity contribution in [3.63, 3.8) is 0 Å². The molecule has 4 rings (SSSR count). The summed E-state index contributed by atoms with van der Waals surface area (Å²) in [5.74, 6) is 1.93. The van der Waals surface area contributed by atoms with Gasteiger partial charge in [-0.3, -0.25) is 0 Å². The second-order valence-corrected chi connectivity index (χ2v) is 9.65. The summed E-state index contributed by atoms with van der Waals surface area (Å²) in [6, 6.07) is 10.9. The minimum absolute atomic E-state index is 0.313. The maximum atomic E-state index is 12.2. The number of aryl methyl sites for hydroxylation is 1. The van der Waals surface area contributed by atoms with Gasteiger partial charge in [-0.1, -0.05) is 55.4 Å². The van der Waals surface area contributed by atoms with Gasteiger partial charge in [-0.25, -0.2) is 4.98 Å². The average Bonchev–Trinajstić information content (AvgIpc) is 2.91. The molecule has 0 saturated carbocycles. The first-order chi connectivity index (χ1) is 18.0. The van der Waals surface area contributed by atoms with Crippen molar-refractivity contribution in [1.82, 2.24) is 45.8 Å². The summed E-state index contributed by atoms with van der Waals surface area (Å²) in [7, 11) is 0. The van der Waals surface area contributed by atoms with Crippen LogP contribution in [0, 0.1) is 12.9 Å². The van der Waals surface area contributed by atoms with Crippen LogP contribution in [0.25, 0.3) is 0 Å². The highest BCUT2D eigenvalue weighted by molar-refractivity contribution is 5.08. The smallest absolute Gasteiger partial charge is 0.233 e. The molecule has 0 amide bonds. The van der Waals surface area contributed by atoms with E-state index in [2.05, 4.69) is 73.5 Å². The Morgan fingerprint density at radius 3 is 1.42 bits per heavy atom. The third-order valence-electron chi connectivity index (χ3n) is 4.86. The van der Waals surface area contributed by atoms with Gasteiger partial charge in [0.05, 0.1) is 29.0 Å². The van der Waals surface area contributed by atoms with Crippen molar-refractivity contribution in [2.45, 2.75) is 86.0 Å². The van der Waals surface area contributed by atoms with Gasteiger partial charge in [-0.05, 0) is 61.1 Å². The van der Waals surface area contributed by atoms with Gasteiger partial charge in [0.15, 0.2) is 5.82 Å². The molecule has 38 heavy (non-hydrogen) atoms. The fourth-order valence-electron chi connectivity index (χ4n) is 2.50. The van der Waals surface area contributed by atoms with Gasteiger partial charge < -0.3 is 0 Å². The molecule has 0 saturated heterocycles. The Hall–Kier alpha value is -3.82. The van der Waals surface area contributed by atoms with Crippen molar-refractivity contribution in [2.24, 2.45) is 0 Å². The molecule has 0 aliphatic rings. The molecule has 0 fully saturated rings. The molecule has 0 unspecified atom stereocenters. The largest absolute Gasteiger partial charge is 0.238 e. The topological polar surface area (TPSA) is 116 Å². The predicted octanol–water partition coefficient (Wildman–Crippen LogP) is 6.24. The maximum absolute atomic E-state index is 12.2. The summed E-state index contributed by atoms with van der Waals surface area (Å²) >= 11 is 0. The van der Waals surface area contributed by atoms with Gasteiger partial charge in [0.2, 0.25) is 5.95 Å². The van der Waals surface area contributed by atoms with Crippen molar-refractivity contribution < 1.29 is 4.39 Å². The molecule has 0 aliphatic heterocycles. The van der Waals surface area contributed by atoms with Crippen molar-refractivity contribution in [3.05, 3.63) is 89.5 Å². The van der Waals surface area contributed by atoms with E-state index in [1.807, 2.05) is 58.9 Å². The van der Waals surface area contributed by atoms with Crippen molar-refractivity contribution in [2.75, 3.05) is 0 Å². The van der Waals surface area contributed by atoms with Crippen molar-refractivity contribution in [1.29, 1.82) is 0 Å². The fraction of sp³-hybridized carbons (Fsp3) is 0.464. The lowest BCUT2D eigenvalue weighted by molar-refractivity contribution is 0.555. The van der Waals surface area contributed by atoms with Crippen LogP contribution < -0.4 is 0 Å². The fourth-order valence-corrected chi connectivity index (χ4v) is 2.50. The normalized spacial score (nSPS) is 10.3. The first-order valence-corrected chi connectivity index (χ1v) is 12.7. The molecule has 0 atom stereocenters. The average molecular weight is 522 g/mol. The van der Waals surface area contributed by atoms with Crippen LogP contribution in [0.15, 0.2) is 55.0 Å². The first kappa shape index (κ1) is 32.2. The van der Waals surface area contributed by atoms with Crippen LogP contribution in [0.3, 0.4) is 0 Å². The second kappa shape index (κ2) is 17.6. The third-order valence-corrected chi connectivity index (χ3v) is 4.86. The van der Waals surface area contributed by atoms with Crippen LogP contribution >= 0.6 is 0 Å². The van der Waals surface area contributed by atoms with Gasteiger partial charge in [0.25, 0.3) is 0 Å². The summed E-state index contributed by atoms with van der Waals surface area (Å²) in [4.78, 5) is 4.00. The second-order valence-electron chi connectivity index (χ2n) is 9.65. The molecular formula is C28H40FN9. The summed E-state index contributed by atoms with van der Waals surface area (Å²) < 4.78 is 12.2. The molecule has 0 aliphatic carbocycles. The maximum Gasteiger partial charge on any atom is 0.233 e. The van der Waals surface area contributed by atoms with E-state index in [0.29, 0.717) is 23.7 Å². The van der Waals surface area contributed by atoms with E-state index in [-0.39, 0.29) is 0 Å². The molecule has 10 heteroatoms. The van der Waals surface area contributed by atoms with Gasteiger partial charge >= 0.3 is 0 Å². The van der Waals surface area contributed by atoms with E-state index in [4.69, 9.17) is 0 Å². The molecule has 0 aromatic carbocycles. The minimum Gasteiger partial charge on any atom is -0.238 e. The third kappa shape index (κ3) is 13.5. The molecule has 4 aromatic rings. The Bertz CT molecular complexity index is 1030. The minimum atomic E-state index is -0.524. The van der Waals surface area contributed by atoms with E-state index >= 15 is 0 Å². The molecule has 0 radical (unpaired) electrons. The van der Waals surface area contributed by atoms with Gasteiger partial charge in [0, 0.05) is 18.3 Å². The number of nitrogens with zero attached hydrogens (tertiary/aromatic N) is 9. The number of aromatic nitrogens is 9. The highest BCUT2D eigenvalue weighted by atomic mass is 19.1. The molecular weight excluding hydrogens is 481 g/mol. The van der Waals surface area contributed by atoms with Gasteiger partial charge in [0.1, 0.15) is 0 Å². The summed E-state index contributed by atoms with van der Waals surface area (Å²) in [5.41, 5.74) is 3.91. The SMILES string of the molecule is CC(C)c1ccc(F)nn1.CC(C)c1cccnn1.CC(C)c1nccnn1.Cc1ccc(C(C)C)nn1. The monoisotopic (exact) mass is 521 g/mol. The Morgan fingerprint density at radius 1 is 0.526 bits per heavy atom. The van der Waals surface area contributed by atoms with Crippen LogP contribution in [-0.4, -0.2) is 45.8 Å². The van der Waals surface area contributed by atoms with Crippen molar-refractivity contribution >= 4 is 0 Å². The van der Waals surface area contributed by atoms with Gasteiger partial charge in [-0.15, -0.1) is 10.2 Å². The quantitative estimate of drug-likeness (QED) is 0.307. The Balaban J connectivity index is 0.000000254. The Morgan fingerprint density at radius 2 is 1.08 bits per heavy atom. The summed E-state index contributed by atoms with van der Waals surface area (Å²) in [6.45, 7) is 18.4. The van der Waals surface area contributed by atoms with E-state index in [0.717, 1.165) is 28.6 Å². The summed E-state index contributed by atoms with van der Waals surface area (Å²) in [6.07, 6.45) is 4.92. The molecule has 204 valence electrons. The van der Waals surface area contributed by atoms with Crippen LogP contribution in [0.5, 0.6) is 0 Å². The zero-order chi connectivity index (χ0) is 28.5. The lowest BCUT2D eigenvalue weighted by Crippen LogP contribution is -1.96. The number of hydrogen-bond donors (Lipinski definition) is 0. The van der Waals surface area contributed by atoms with Crippen LogP contribution in [0.2, 0.25) is 0 Å². The van der Waals surface area contributed by atoms with E-state index < -0.39 is 5.95 Å². The molecule has 0 bridgehead atoms. The van der Waals surface area contributed by atoms with E-state index in [1.165, 1.54) is 6.07 Å². The zero-order valence-electron chi connectivity index (χ0n) is 23.9. The van der Waals surface area contributed by atoms with Crippen molar-refractivity contribution in [3.8, 4) is 0 Å². The molecule has 9 nitrogen and oxygen atoms in total. The first-order valence-electron chi connectivity index (χ1n) is 12.7. The predicted molar refractivity (Wildman–Crippen MR) is 147 cm³/mol. The zero-order valence-corrected chi connectivity index (χ0v) is 23.9. The van der Waals surface area contributed by atoms with E-state index in [1.54, 1.807) is 24.7 Å². The standard InChI is InChI=1S/C8H12N2.C7H9FN2.C7H10N2.C6H9N3/c1-6(2)8-5-4-7(3)9-10-8;1-5(2)6-3-4-7(8)10-9-6;1-6(2)7-4-3-5-8-9-7;1-5(2)6-7-3-4-8-9-6/h4-6H,1-3H3;3-5H,1-2H3;3-6H,1-2H3;3-5H,1-2H3. The van der Waals surface area contributed by atoms with Crippen LogP contribution in [0.1, 0.15) is 108 Å². The Kier molecular flexibility index (Phi) is 14.9. The number of rotatable bonds is 4. The van der Waals surface area contributed by atoms with E-state index in [9.17, 15) is 4.39 Å². The highest BCUT2D eigenvalue weighted by Gasteiger charge is 2.01. The number of halogens is 1.